The molecule has 0 aromatic heterocycles. The number of rotatable bonds is 7. The number of ether oxygens (including phenoxy) is 2. The molecule has 2 unspecified atom stereocenters. The van der Waals surface area contributed by atoms with Crippen molar-refractivity contribution >= 4 is 21.6 Å². The highest BCUT2D eigenvalue weighted by atomic mass is 32.2. The summed E-state index contributed by atoms with van der Waals surface area (Å²) in [6, 6.07) is 11.4. The highest BCUT2D eigenvalue weighted by molar-refractivity contribution is 7.89. The van der Waals surface area contributed by atoms with E-state index in [9.17, 15) is 13.2 Å². The highest BCUT2D eigenvalue weighted by Gasteiger charge is 2.32. The minimum Gasteiger partial charge on any atom is -0.497 e. The summed E-state index contributed by atoms with van der Waals surface area (Å²) in [5.74, 6) is 1.17. The van der Waals surface area contributed by atoms with Crippen molar-refractivity contribution in [1.82, 2.24) is 15.2 Å². The molecule has 3 N–H and O–H groups in total. The SMILES string of the molecule is COc1ccc(C2CC(C(=O)Nc3ccc(S(=O)(=O)N4CCCCC4)cc3)NN2)c(OC)c1. The van der Waals surface area contributed by atoms with Crippen LogP contribution >= 0.6 is 0 Å². The van der Waals surface area contributed by atoms with Gasteiger partial charge in [0.05, 0.1) is 25.2 Å². The molecule has 10 heteroatoms. The highest BCUT2D eigenvalue weighted by Crippen LogP contribution is 2.33. The van der Waals surface area contributed by atoms with Gasteiger partial charge in [-0.3, -0.25) is 4.79 Å². The van der Waals surface area contributed by atoms with E-state index >= 15 is 0 Å². The fourth-order valence-electron chi connectivity index (χ4n) is 4.23. The van der Waals surface area contributed by atoms with Gasteiger partial charge < -0.3 is 14.8 Å². The van der Waals surface area contributed by atoms with Crippen LogP contribution in [0, 0.1) is 0 Å². The molecule has 4 rings (SSSR count). The molecule has 0 spiro atoms. The standard InChI is InChI=1S/C23H30N4O5S/c1-31-17-8-11-19(22(14-17)32-2)20-15-21(26-25-20)23(28)24-16-6-9-18(10-7-16)33(29,30)27-12-4-3-5-13-27/h6-11,14,20-21,25-26H,3-5,12-13,15H2,1-2H3,(H,24,28). The number of sulfonamides is 1. The minimum absolute atomic E-state index is 0.112. The fourth-order valence-corrected chi connectivity index (χ4v) is 5.75. The van der Waals surface area contributed by atoms with Crippen LogP contribution in [0.1, 0.15) is 37.3 Å². The Hall–Kier alpha value is -2.66. The summed E-state index contributed by atoms with van der Waals surface area (Å²) in [6.07, 6.45) is 3.36. The maximum absolute atomic E-state index is 12.8. The van der Waals surface area contributed by atoms with Gasteiger partial charge in [0.15, 0.2) is 0 Å². The van der Waals surface area contributed by atoms with Crippen LogP contribution in [0.2, 0.25) is 0 Å². The molecule has 2 atom stereocenters. The van der Waals surface area contributed by atoms with Gasteiger partial charge in [-0.2, -0.15) is 4.31 Å². The van der Waals surface area contributed by atoms with Gasteiger partial charge >= 0.3 is 0 Å². The summed E-state index contributed by atoms with van der Waals surface area (Å²) in [6.45, 7) is 1.11. The van der Waals surface area contributed by atoms with Crippen LogP contribution in [-0.2, 0) is 14.8 Å². The van der Waals surface area contributed by atoms with Gasteiger partial charge in [-0.05, 0) is 49.6 Å². The number of methoxy groups -OCH3 is 2. The lowest BCUT2D eigenvalue weighted by Gasteiger charge is -2.25. The normalized spacial score (nSPS) is 21.5. The van der Waals surface area contributed by atoms with Crippen molar-refractivity contribution in [3.8, 4) is 11.5 Å². The number of hydrogen-bond donors (Lipinski definition) is 3. The molecule has 0 bridgehead atoms. The van der Waals surface area contributed by atoms with E-state index in [2.05, 4.69) is 16.2 Å². The lowest BCUT2D eigenvalue weighted by molar-refractivity contribution is -0.117. The third kappa shape index (κ3) is 5.14. The first-order valence-electron chi connectivity index (χ1n) is 11.1. The van der Waals surface area contributed by atoms with Gasteiger partial charge in [0, 0.05) is 30.4 Å². The van der Waals surface area contributed by atoms with Gasteiger partial charge in [0.2, 0.25) is 15.9 Å². The van der Waals surface area contributed by atoms with Gasteiger partial charge in [0.1, 0.15) is 17.5 Å². The van der Waals surface area contributed by atoms with Crippen LogP contribution in [0.3, 0.4) is 0 Å². The maximum Gasteiger partial charge on any atom is 0.243 e. The summed E-state index contributed by atoms with van der Waals surface area (Å²) in [5, 5.41) is 2.86. The summed E-state index contributed by atoms with van der Waals surface area (Å²) < 4.78 is 37.8. The predicted molar refractivity (Wildman–Crippen MR) is 125 cm³/mol. The molecule has 178 valence electrons. The zero-order valence-corrected chi connectivity index (χ0v) is 19.7. The van der Waals surface area contributed by atoms with Crippen LogP contribution in [0.15, 0.2) is 47.4 Å². The van der Waals surface area contributed by atoms with E-state index in [4.69, 9.17) is 9.47 Å². The monoisotopic (exact) mass is 474 g/mol. The van der Waals surface area contributed by atoms with E-state index in [1.165, 1.54) is 4.31 Å². The Kier molecular flexibility index (Phi) is 7.18. The molecule has 2 aliphatic rings. The van der Waals surface area contributed by atoms with Gasteiger partial charge in [0.25, 0.3) is 0 Å². The van der Waals surface area contributed by atoms with E-state index in [0.717, 1.165) is 24.8 Å². The van der Waals surface area contributed by atoms with Crippen LogP contribution in [0.25, 0.3) is 0 Å². The predicted octanol–water partition coefficient (Wildman–Crippen LogP) is 2.42. The molecule has 2 aromatic carbocycles. The Balaban J connectivity index is 1.38. The minimum atomic E-state index is -3.50. The van der Waals surface area contributed by atoms with Gasteiger partial charge in [-0.1, -0.05) is 12.5 Å². The molecule has 2 aromatic rings. The number of hydrogen-bond acceptors (Lipinski definition) is 7. The maximum atomic E-state index is 12.8. The van der Waals surface area contributed by atoms with Crippen LogP contribution in [0.4, 0.5) is 5.69 Å². The van der Waals surface area contributed by atoms with Gasteiger partial charge in [-0.25, -0.2) is 19.3 Å². The Morgan fingerprint density at radius 2 is 1.73 bits per heavy atom. The van der Waals surface area contributed by atoms with E-state index in [1.54, 1.807) is 38.5 Å². The Bertz CT molecular complexity index is 1080. The third-order valence-electron chi connectivity index (χ3n) is 6.11. The zero-order chi connectivity index (χ0) is 23.4. The fraction of sp³-hybridized carbons (Fsp3) is 0.435. The quantitative estimate of drug-likeness (QED) is 0.565. The number of carbonyl (C=O) groups excluding carboxylic acids is 1. The molecular weight excluding hydrogens is 444 g/mol. The second-order valence-electron chi connectivity index (χ2n) is 8.22. The molecule has 2 saturated heterocycles. The van der Waals surface area contributed by atoms with Crippen molar-refractivity contribution in [1.29, 1.82) is 0 Å². The smallest absolute Gasteiger partial charge is 0.243 e. The van der Waals surface area contributed by atoms with Crippen molar-refractivity contribution < 1.29 is 22.7 Å². The summed E-state index contributed by atoms with van der Waals surface area (Å²) in [4.78, 5) is 13.0. The van der Waals surface area contributed by atoms with Crippen molar-refractivity contribution in [2.75, 3.05) is 32.6 Å². The molecule has 33 heavy (non-hydrogen) atoms. The van der Waals surface area contributed by atoms with Crippen LogP contribution < -0.4 is 25.6 Å². The molecular formula is C23H30N4O5S. The number of hydrazine groups is 1. The molecule has 2 fully saturated rings. The molecule has 9 nitrogen and oxygen atoms in total. The first kappa shape index (κ1) is 23.5. The second-order valence-corrected chi connectivity index (χ2v) is 10.2. The summed E-state index contributed by atoms with van der Waals surface area (Å²) in [5.41, 5.74) is 7.65. The van der Waals surface area contributed by atoms with Gasteiger partial charge in [-0.15, -0.1) is 0 Å². The van der Waals surface area contributed by atoms with E-state index in [-0.39, 0.29) is 16.8 Å². The Morgan fingerprint density at radius 3 is 2.39 bits per heavy atom. The van der Waals surface area contributed by atoms with Crippen molar-refractivity contribution in [3.63, 3.8) is 0 Å². The van der Waals surface area contributed by atoms with Crippen LogP contribution in [-0.4, -0.2) is 52.0 Å². The molecule has 0 radical (unpaired) electrons. The third-order valence-corrected chi connectivity index (χ3v) is 8.02. The molecule has 2 heterocycles. The average molecular weight is 475 g/mol. The largest absolute Gasteiger partial charge is 0.497 e. The number of benzene rings is 2. The van der Waals surface area contributed by atoms with E-state index in [1.807, 2.05) is 18.2 Å². The number of carbonyl (C=O) groups is 1. The van der Waals surface area contributed by atoms with Crippen molar-refractivity contribution in [2.24, 2.45) is 0 Å². The Morgan fingerprint density at radius 1 is 1.00 bits per heavy atom. The molecule has 2 aliphatic heterocycles. The first-order valence-corrected chi connectivity index (χ1v) is 12.5. The molecule has 1 amide bonds. The number of nitrogens with zero attached hydrogens (tertiary/aromatic N) is 1. The van der Waals surface area contributed by atoms with E-state index < -0.39 is 16.1 Å². The van der Waals surface area contributed by atoms with Crippen LogP contribution in [0.5, 0.6) is 11.5 Å². The van der Waals surface area contributed by atoms with E-state index in [0.29, 0.717) is 36.7 Å². The summed E-state index contributed by atoms with van der Waals surface area (Å²) >= 11 is 0. The van der Waals surface area contributed by atoms with Crippen molar-refractivity contribution in [3.05, 3.63) is 48.0 Å². The lowest BCUT2D eigenvalue weighted by atomic mass is 10.0. The number of amides is 1. The number of piperidine rings is 1. The lowest BCUT2D eigenvalue weighted by Crippen LogP contribution is -2.39. The second kappa shape index (κ2) is 10.1. The first-order chi connectivity index (χ1) is 15.9. The average Bonchev–Trinajstić information content (AvgIpc) is 3.35. The van der Waals surface area contributed by atoms with Crippen molar-refractivity contribution in [2.45, 2.75) is 42.7 Å². The number of nitrogens with one attached hydrogen (secondary N) is 3. The number of anilines is 1. The molecule has 0 aliphatic carbocycles. The zero-order valence-electron chi connectivity index (χ0n) is 18.8. The Labute approximate surface area is 194 Å². The summed E-state index contributed by atoms with van der Waals surface area (Å²) in [7, 11) is -0.301. The topological polar surface area (TPSA) is 109 Å². The molecule has 0 saturated carbocycles.